The molecule has 1 rings (SSSR count). The van der Waals surface area contributed by atoms with Crippen LogP contribution in [0.25, 0.3) is 0 Å². The lowest BCUT2D eigenvalue weighted by Crippen LogP contribution is -2.29. The summed E-state index contributed by atoms with van der Waals surface area (Å²) in [5.74, 6) is -1.10. The van der Waals surface area contributed by atoms with Crippen molar-refractivity contribution in [1.82, 2.24) is 5.32 Å². The van der Waals surface area contributed by atoms with Crippen LogP contribution in [0.5, 0.6) is 0 Å². The van der Waals surface area contributed by atoms with Crippen LogP contribution >= 0.6 is 91.0 Å². The van der Waals surface area contributed by atoms with Crippen molar-refractivity contribution in [3.05, 3.63) is 27.4 Å². The predicted octanol–water partition coefficient (Wildman–Crippen LogP) is 3.44. The highest BCUT2D eigenvalue weighted by Crippen LogP contribution is 2.33. The lowest BCUT2D eigenvalue weighted by molar-refractivity contribution is -0.146. The smallest absolute Gasteiger partial charge is 0.303 e. The average molecular weight is 710 g/mol. The molecule has 0 aliphatic heterocycles. The molecule has 0 spiro atoms. The molecule has 0 aliphatic carbocycles. The number of hydrogen-bond donors (Lipinski definition) is 1. The van der Waals surface area contributed by atoms with E-state index in [1.165, 1.54) is 6.92 Å². The molecular formula is C13H8Cl2I3NO5. The van der Waals surface area contributed by atoms with Crippen LogP contribution in [0, 0.1) is 10.7 Å². The van der Waals surface area contributed by atoms with Crippen molar-refractivity contribution in [2.24, 2.45) is 0 Å². The van der Waals surface area contributed by atoms with Crippen molar-refractivity contribution in [1.29, 1.82) is 0 Å². The summed E-state index contributed by atoms with van der Waals surface area (Å²) in [5.41, 5.74) is 0.846. The van der Waals surface area contributed by atoms with Crippen LogP contribution in [-0.2, 0) is 20.9 Å². The molecule has 6 nitrogen and oxygen atoms in total. The second-order valence-corrected chi connectivity index (χ2v) is 8.20. The van der Waals surface area contributed by atoms with Crippen molar-refractivity contribution in [2.45, 2.75) is 13.5 Å². The minimum absolute atomic E-state index is 0.0158. The van der Waals surface area contributed by atoms with E-state index >= 15 is 0 Å². The lowest BCUT2D eigenvalue weighted by Gasteiger charge is -2.16. The minimum Gasteiger partial charge on any atom is -0.456 e. The van der Waals surface area contributed by atoms with Gasteiger partial charge in [0, 0.05) is 24.2 Å². The van der Waals surface area contributed by atoms with Gasteiger partial charge in [-0.05, 0) is 96.5 Å². The first kappa shape index (κ1) is 22.3. The molecule has 0 saturated heterocycles. The van der Waals surface area contributed by atoms with Crippen LogP contribution in [0.2, 0.25) is 0 Å². The zero-order chi connectivity index (χ0) is 18.6. The summed E-state index contributed by atoms with van der Waals surface area (Å²) < 4.78 is 5.97. The molecule has 0 fully saturated rings. The maximum atomic E-state index is 11.7. The summed E-state index contributed by atoms with van der Waals surface area (Å²) in [6, 6.07) is 0. The highest BCUT2D eigenvalue weighted by molar-refractivity contribution is 14.1. The van der Waals surface area contributed by atoms with Gasteiger partial charge in [0.25, 0.3) is 16.4 Å². The molecule has 1 aromatic carbocycles. The minimum atomic E-state index is -0.730. The molecule has 0 unspecified atom stereocenters. The van der Waals surface area contributed by atoms with Gasteiger partial charge in [-0.15, -0.1) is 0 Å². The van der Waals surface area contributed by atoms with Gasteiger partial charge in [0.05, 0.1) is 11.1 Å². The van der Waals surface area contributed by atoms with E-state index in [0.29, 0.717) is 16.3 Å². The fraction of sp³-hybridized carbons (Fsp3) is 0.231. The van der Waals surface area contributed by atoms with Crippen LogP contribution in [-0.4, -0.2) is 29.0 Å². The number of ether oxygens (including phenoxy) is 1. The Morgan fingerprint density at radius 1 is 0.958 bits per heavy atom. The number of amides is 1. The number of carbonyl (C=O) groups is 4. The van der Waals surface area contributed by atoms with Gasteiger partial charge in [0.1, 0.15) is 0 Å². The quantitative estimate of drug-likeness (QED) is 0.278. The van der Waals surface area contributed by atoms with Gasteiger partial charge >= 0.3 is 5.97 Å². The van der Waals surface area contributed by atoms with E-state index in [1.54, 1.807) is 0 Å². The highest BCUT2D eigenvalue weighted by atomic mass is 127. The van der Waals surface area contributed by atoms with Gasteiger partial charge in [-0.1, -0.05) is 0 Å². The van der Waals surface area contributed by atoms with E-state index < -0.39 is 29.0 Å². The normalized spacial score (nSPS) is 10.2. The SMILES string of the molecule is CC(=O)OCC(=O)NCc1c(I)c(C(=O)Cl)c(I)c(C(=O)Cl)c1I. The Hall–Kier alpha value is 0.270. The number of hydrogen-bond acceptors (Lipinski definition) is 5. The van der Waals surface area contributed by atoms with E-state index in [2.05, 4.69) is 10.1 Å². The Bertz CT molecular complexity index is 698. The summed E-state index contributed by atoms with van der Waals surface area (Å²) in [6.45, 7) is 0.784. The largest absolute Gasteiger partial charge is 0.456 e. The highest BCUT2D eigenvalue weighted by Gasteiger charge is 2.26. The lowest BCUT2D eigenvalue weighted by atomic mass is 10.1. The summed E-state index contributed by atoms with van der Waals surface area (Å²) in [5, 5.41) is 1.09. The number of benzene rings is 1. The van der Waals surface area contributed by atoms with Crippen molar-refractivity contribution in [3.63, 3.8) is 0 Å². The van der Waals surface area contributed by atoms with Crippen LogP contribution in [0.1, 0.15) is 33.2 Å². The first-order valence-electron chi connectivity index (χ1n) is 6.06. The van der Waals surface area contributed by atoms with Gasteiger partial charge < -0.3 is 10.1 Å². The molecule has 11 heteroatoms. The average Bonchev–Trinajstić information content (AvgIpc) is 2.43. The zero-order valence-electron chi connectivity index (χ0n) is 11.8. The summed E-state index contributed by atoms with van der Waals surface area (Å²) in [7, 11) is 0. The van der Waals surface area contributed by atoms with E-state index in [9.17, 15) is 19.2 Å². The Kier molecular flexibility index (Phi) is 9.14. The maximum absolute atomic E-state index is 11.7. The van der Waals surface area contributed by atoms with Crippen molar-refractivity contribution in [3.8, 4) is 0 Å². The van der Waals surface area contributed by atoms with Crippen LogP contribution in [0.4, 0.5) is 0 Å². The fourth-order valence-electron chi connectivity index (χ4n) is 1.62. The Morgan fingerprint density at radius 3 is 1.79 bits per heavy atom. The fourth-order valence-corrected chi connectivity index (χ4v) is 7.16. The second-order valence-electron chi connectivity index (χ2n) is 4.27. The Morgan fingerprint density at radius 2 is 1.42 bits per heavy atom. The molecule has 0 bridgehead atoms. The molecule has 0 saturated carbocycles. The van der Waals surface area contributed by atoms with Gasteiger partial charge in [-0.25, -0.2) is 0 Å². The molecule has 0 aliphatic rings. The number of nitrogens with one attached hydrogen (secondary N) is 1. The van der Waals surface area contributed by atoms with Gasteiger partial charge in [-0.3, -0.25) is 19.2 Å². The Labute approximate surface area is 188 Å². The number of rotatable bonds is 6. The van der Waals surface area contributed by atoms with Crippen molar-refractivity contribution >= 4 is 113 Å². The third-order valence-electron chi connectivity index (χ3n) is 2.67. The summed E-state index contributed by atoms with van der Waals surface area (Å²) in [6.07, 6.45) is 0. The van der Waals surface area contributed by atoms with Crippen LogP contribution in [0.15, 0.2) is 0 Å². The van der Waals surface area contributed by atoms with Gasteiger partial charge in [-0.2, -0.15) is 0 Å². The van der Waals surface area contributed by atoms with E-state index in [4.69, 9.17) is 23.2 Å². The topological polar surface area (TPSA) is 89.5 Å². The Balaban J connectivity index is 3.23. The molecule has 1 amide bonds. The predicted molar refractivity (Wildman–Crippen MR) is 113 cm³/mol. The van der Waals surface area contributed by atoms with Crippen LogP contribution in [0.3, 0.4) is 0 Å². The zero-order valence-corrected chi connectivity index (χ0v) is 19.8. The standard InChI is InChI=1S/C13H8Cl2I3NO5/c1-4(20)24-3-6(21)19-2-5-9(16)7(12(14)22)11(18)8(10(5)17)13(15)23/h2-3H2,1H3,(H,19,21). The molecule has 130 valence electrons. The van der Waals surface area contributed by atoms with E-state index in [0.717, 1.165) is 0 Å². The molecule has 0 heterocycles. The molecule has 24 heavy (non-hydrogen) atoms. The van der Waals surface area contributed by atoms with Gasteiger partial charge in [0.15, 0.2) is 6.61 Å². The molecule has 0 radical (unpaired) electrons. The third kappa shape index (κ3) is 5.64. The summed E-state index contributed by atoms with van der Waals surface area (Å²) >= 11 is 16.9. The second kappa shape index (κ2) is 9.83. The monoisotopic (exact) mass is 709 g/mol. The molecule has 1 N–H and O–H groups in total. The maximum Gasteiger partial charge on any atom is 0.303 e. The number of carbonyl (C=O) groups excluding carboxylic acids is 4. The van der Waals surface area contributed by atoms with Gasteiger partial charge in [0.2, 0.25) is 0 Å². The number of halogens is 5. The molecule has 0 aromatic heterocycles. The van der Waals surface area contributed by atoms with Crippen molar-refractivity contribution in [2.75, 3.05) is 6.61 Å². The molecule has 1 aromatic rings. The molecule has 0 atom stereocenters. The van der Waals surface area contributed by atoms with E-state index in [-0.39, 0.29) is 17.7 Å². The van der Waals surface area contributed by atoms with Crippen LogP contribution < -0.4 is 5.32 Å². The summed E-state index contributed by atoms with van der Waals surface area (Å²) in [4.78, 5) is 45.8. The first-order valence-corrected chi connectivity index (χ1v) is 10.1. The third-order valence-corrected chi connectivity index (χ3v) is 6.51. The molecular weight excluding hydrogens is 702 g/mol. The number of esters is 1. The van der Waals surface area contributed by atoms with Crippen molar-refractivity contribution < 1.29 is 23.9 Å². The van der Waals surface area contributed by atoms with E-state index in [1.807, 2.05) is 67.8 Å². The first-order chi connectivity index (χ1) is 11.1.